The number of aliphatic carboxylic acids is 1. The topological polar surface area (TPSA) is 150 Å². The molecule has 10 nitrogen and oxygen atoms in total. The lowest BCUT2D eigenvalue weighted by atomic mass is 10.0. The van der Waals surface area contributed by atoms with E-state index in [-0.39, 0.29) is 29.7 Å². The number of benzene rings is 4. The second-order valence-electron chi connectivity index (χ2n) is 12.1. The number of nitrogens with two attached hydrogens (primary N) is 1. The van der Waals surface area contributed by atoms with Crippen LogP contribution in [0.1, 0.15) is 39.9 Å². The van der Waals surface area contributed by atoms with Crippen LogP contribution in [0.2, 0.25) is 0 Å². The molecule has 0 aliphatic carbocycles. The predicted octanol–water partition coefficient (Wildman–Crippen LogP) is 5.99. The number of nitrogens with one attached hydrogen (secondary N) is 1. The number of alkyl halides is 3. The van der Waals surface area contributed by atoms with Gasteiger partial charge in [-0.3, -0.25) is 9.59 Å². The molecule has 0 radical (unpaired) electrons. The van der Waals surface area contributed by atoms with Crippen LogP contribution in [0.15, 0.2) is 106 Å². The average Bonchev–Trinajstić information content (AvgIpc) is 3.62. The van der Waals surface area contributed by atoms with E-state index >= 15 is 0 Å². The first-order chi connectivity index (χ1) is 24.6. The second kappa shape index (κ2) is 18.3. The number of carboxylic acid groups (broad SMARTS) is 1. The van der Waals surface area contributed by atoms with Crippen LogP contribution in [0.4, 0.5) is 13.2 Å². The van der Waals surface area contributed by atoms with E-state index in [1.54, 1.807) is 17.0 Å². The highest BCUT2D eigenvalue weighted by atomic mass is 79.9. The molecule has 0 aromatic heterocycles. The molecule has 1 aliphatic rings. The van der Waals surface area contributed by atoms with Gasteiger partial charge < -0.3 is 20.2 Å². The van der Waals surface area contributed by atoms with Gasteiger partial charge in [0.25, 0.3) is 5.91 Å². The summed E-state index contributed by atoms with van der Waals surface area (Å²) in [5, 5.41) is 15.4. The highest BCUT2D eigenvalue weighted by Gasteiger charge is 2.38. The smallest absolute Gasteiger partial charge is 0.475 e. The Balaban J connectivity index is 0.000000785. The van der Waals surface area contributed by atoms with Gasteiger partial charge in [0.05, 0.1) is 11.3 Å². The maximum absolute atomic E-state index is 13.7. The fourth-order valence-corrected chi connectivity index (χ4v) is 6.44. The van der Waals surface area contributed by atoms with Crippen LogP contribution in [-0.2, 0) is 39.1 Å². The molecule has 1 saturated heterocycles. The number of rotatable bonds is 12. The van der Waals surface area contributed by atoms with E-state index < -0.39 is 22.2 Å². The molecule has 4 aromatic rings. The van der Waals surface area contributed by atoms with Crippen LogP contribution in [-0.4, -0.2) is 73.5 Å². The third-order valence-electron chi connectivity index (χ3n) is 8.19. The maximum atomic E-state index is 13.7. The van der Waals surface area contributed by atoms with Gasteiger partial charge in [0, 0.05) is 36.2 Å². The zero-order chi connectivity index (χ0) is 37.9. The van der Waals surface area contributed by atoms with Gasteiger partial charge in [-0.05, 0) is 90.1 Å². The Morgan fingerprint density at radius 1 is 0.846 bits per heavy atom. The van der Waals surface area contributed by atoms with E-state index in [0.29, 0.717) is 18.7 Å². The molecule has 5 rings (SSSR count). The molecule has 0 saturated carbocycles. The summed E-state index contributed by atoms with van der Waals surface area (Å²) < 4.78 is 56.1. The van der Waals surface area contributed by atoms with Crippen molar-refractivity contribution in [3.05, 3.63) is 124 Å². The number of hydrogen-bond donors (Lipinski definition) is 3. The highest BCUT2D eigenvalue weighted by molar-refractivity contribution is 9.10. The van der Waals surface area contributed by atoms with Crippen LogP contribution >= 0.6 is 15.9 Å². The first-order valence-corrected chi connectivity index (χ1v) is 18.6. The minimum Gasteiger partial charge on any atom is -0.475 e. The molecule has 0 unspecified atom stereocenters. The SMILES string of the molecule is NS(=O)(=O)c1ccc(CN(Cc2cccc(-c3cccc(C(=O)NCCN4CCCC4)c3)c2)C(=O)Cc2ccccc2Br)cc1.O=C(O)C(F)(F)F. The number of likely N-dealkylation sites (tertiary alicyclic amines) is 1. The lowest BCUT2D eigenvalue weighted by molar-refractivity contribution is -0.192. The van der Waals surface area contributed by atoms with E-state index in [4.69, 9.17) is 15.0 Å². The Hall–Kier alpha value is -4.57. The molecule has 15 heteroatoms. The Bertz CT molecular complexity index is 1970. The molecule has 276 valence electrons. The average molecular weight is 804 g/mol. The van der Waals surface area contributed by atoms with E-state index in [9.17, 15) is 31.2 Å². The number of carbonyl (C=O) groups excluding carboxylic acids is 2. The number of halogens is 4. The zero-order valence-electron chi connectivity index (χ0n) is 28.0. The summed E-state index contributed by atoms with van der Waals surface area (Å²) >= 11 is 3.54. The number of carboxylic acids is 1. The first kappa shape index (κ1) is 40.2. The highest BCUT2D eigenvalue weighted by Crippen LogP contribution is 2.24. The van der Waals surface area contributed by atoms with Crippen molar-refractivity contribution in [1.82, 2.24) is 15.1 Å². The Kier molecular flexibility index (Phi) is 14.1. The fourth-order valence-electron chi connectivity index (χ4n) is 5.50. The van der Waals surface area contributed by atoms with Gasteiger partial charge in [-0.25, -0.2) is 18.4 Å². The molecule has 4 aromatic carbocycles. The van der Waals surface area contributed by atoms with Crippen molar-refractivity contribution in [3.8, 4) is 11.1 Å². The molecule has 1 heterocycles. The third-order valence-corrected chi connectivity index (χ3v) is 9.89. The summed E-state index contributed by atoms with van der Waals surface area (Å²) in [6, 6.07) is 29.4. The Morgan fingerprint density at radius 2 is 1.44 bits per heavy atom. The monoisotopic (exact) mass is 802 g/mol. The summed E-state index contributed by atoms with van der Waals surface area (Å²) in [4.78, 5) is 39.6. The first-order valence-electron chi connectivity index (χ1n) is 16.2. The zero-order valence-corrected chi connectivity index (χ0v) is 30.4. The quantitative estimate of drug-likeness (QED) is 0.159. The van der Waals surface area contributed by atoms with Crippen molar-refractivity contribution in [2.45, 2.75) is 43.4 Å². The van der Waals surface area contributed by atoms with Crippen molar-refractivity contribution in [3.63, 3.8) is 0 Å². The van der Waals surface area contributed by atoms with Crippen molar-refractivity contribution >= 4 is 43.7 Å². The largest absolute Gasteiger partial charge is 0.490 e. The minimum atomic E-state index is -5.08. The van der Waals surface area contributed by atoms with Crippen LogP contribution < -0.4 is 10.5 Å². The molecule has 4 N–H and O–H groups in total. The fraction of sp³-hybridized carbons (Fsp3) is 0.270. The number of carbonyl (C=O) groups is 3. The lowest BCUT2D eigenvalue weighted by Crippen LogP contribution is -2.33. The maximum Gasteiger partial charge on any atom is 0.490 e. The van der Waals surface area contributed by atoms with Gasteiger partial charge in [0.15, 0.2) is 0 Å². The van der Waals surface area contributed by atoms with E-state index in [1.807, 2.05) is 72.8 Å². The second-order valence-corrected chi connectivity index (χ2v) is 14.5. The summed E-state index contributed by atoms with van der Waals surface area (Å²) in [6.45, 7) is 4.29. The third kappa shape index (κ3) is 12.3. The van der Waals surface area contributed by atoms with Crippen LogP contribution in [0.5, 0.6) is 0 Å². The normalized spacial score (nSPS) is 13.2. The van der Waals surface area contributed by atoms with Gasteiger partial charge in [0.2, 0.25) is 15.9 Å². The number of primary sulfonamides is 1. The van der Waals surface area contributed by atoms with E-state index in [2.05, 4.69) is 26.1 Å². The van der Waals surface area contributed by atoms with Crippen LogP contribution in [0.25, 0.3) is 11.1 Å². The van der Waals surface area contributed by atoms with Gasteiger partial charge in [0.1, 0.15) is 0 Å². The number of hydrogen-bond acceptors (Lipinski definition) is 6. The molecule has 0 bridgehead atoms. The molecular weight excluding hydrogens is 765 g/mol. The van der Waals surface area contributed by atoms with Crippen molar-refractivity contribution in [1.29, 1.82) is 0 Å². The minimum absolute atomic E-state index is 0.0209. The summed E-state index contributed by atoms with van der Waals surface area (Å²) in [5.74, 6) is -2.92. The summed E-state index contributed by atoms with van der Waals surface area (Å²) in [6.07, 6.45) is -2.44. The molecular formula is C37H38BrF3N4O6S. The molecule has 52 heavy (non-hydrogen) atoms. The van der Waals surface area contributed by atoms with Gasteiger partial charge in [-0.2, -0.15) is 13.2 Å². The number of sulfonamides is 1. The van der Waals surface area contributed by atoms with Gasteiger partial charge >= 0.3 is 12.1 Å². The number of amides is 2. The van der Waals surface area contributed by atoms with E-state index in [0.717, 1.165) is 51.9 Å². The molecule has 0 spiro atoms. The molecule has 2 amide bonds. The van der Waals surface area contributed by atoms with Crippen LogP contribution in [0, 0.1) is 0 Å². The van der Waals surface area contributed by atoms with Crippen molar-refractivity contribution in [2.75, 3.05) is 26.2 Å². The van der Waals surface area contributed by atoms with Gasteiger partial charge in [-0.15, -0.1) is 0 Å². The summed E-state index contributed by atoms with van der Waals surface area (Å²) in [5.41, 5.74) is 5.04. The lowest BCUT2D eigenvalue weighted by Gasteiger charge is -2.24. The molecule has 1 fully saturated rings. The van der Waals surface area contributed by atoms with Crippen LogP contribution in [0.3, 0.4) is 0 Å². The summed E-state index contributed by atoms with van der Waals surface area (Å²) in [7, 11) is -3.82. The predicted molar refractivity (Wildman–Crippen MR) is 193 cm³/mol. The van der Waals surface area contributed by atoms with E-state index in [1.165, 1.54) is 25.0 Å². The molecule has 1 aliphatic heterocycles. The number of nitrogens with zero attached hydrogens (tertiary/aromatic N) is 2. The Morgan fingerprint density at radius 3 is 2.06 bits per heavy atom. The standard InChI is InChI=1S/C35H37BrN4O4S.C2HF3O2/c36-33-12-2-1-8-30(33)23-34(41)40(24-26-13-15-32(16-14-26)45(37,43)44)25-27-7-5-9-28(21-27)29-10-6-11-31(22-29)35(42)38-17-20-39-18-3-4-19-39;3-2(4,5)1(6)7/h1-2,5-16,21-22H,3-4,17-20,23-25H2,(H,38,42)(H2,37,43,44);(H,6,7). The molecule has 0 atom stereocenters. The van der Waals surface area contributed by atoms with Crippen molar-refractivity contribution in [2.24, 2.45) is 5.14 Å². The van der Waals surface area contributed by atoms with Crippen molar-refractivity contribution < 1.29 is 41.1 Å². The Labute approximate surface area is 308 Å². The van der Waals surface area contributed by atoms with Gasteiger partial charge in [-0.1, -0.05) is 76.6 Å².